The van der Waals surface area contributed by atoms with Crippen LogP contribution in [-0.4, -0.2) is 42.5 Å². The summed E-state index contributed by atoms with van der Waals surface area (Å²) in [5, 5.41) is 2.81. The molecule has 0 aliphatic rings. The van der Waals surface area contributed by atoms with Crippen LogP contribution in [0, 0.1) is 0 Å². The zero-order valence-electron chi connectivity index (χ0n) is 9.21. The third kappa shape index (κ3) is 3.63. The standard InChI is InChI=1S/C10H18N4O/c1-3-14(2)5-4-12-10(15)9-6-8(11)7-13-9/h6-7,13H,3-5,11H2,1-2H3,(H,12,15). The highest BCUT2D eigenvalue weighted by Crippen LogP contribution is 2.03. The Labute approximate surface area is 89.6 Å². The van der Waals surface area contributed by atoms with Crippen molar-refractivity contribution in [3.8, 4) is 0 Å². The molecule has 0 atom stereocenters. The molecule has 5 heteroatoms. The van der Waals surface area contributed by atoms with Crippen molar-refractivity contribution < 1.29 is 4.79 Å². The van der Waals surface area contributed by atoms with E-state index < -0.39 is 0 Å². The first-order valence-corrected chi connectivity index (χ1v) is 5.04. The van der Waals surface area contributed by atoms with Crippen molar-refractivity contribution in [2.24, 2.45) is 0 Å². The molecule has 1 aromatic heterocycles. The van der Waals surface area contributed by atoms with Gasteiger partial charge < -0.3 is 20.9 Å². The second-order valence-electron chi connectivity index (χ2n) is 3.50. The molecular formula is C10H18N4O. The third-order valence-electron chi connectivity index (χ3n) is 2.27. The molecule has 0 spiro atoms. The summed E-state index contributed by atoms with van der Waals surface area (Å²) in [7, 11) is 2.01. The number of amides is 1. The van der Waals surface area contributed by atoms with Gasteiger partial charge in [0.15, 0.2) is 0 Å². The second-order valence-corrected chi connectivity index (χ2v) is 3.50. The van der Waals surface area contributed by atoms with Crippen molar-refractivity contribution in [1.29, 1.82) is 0 Å². The van der Waals surface area contributed by atoms with Gasteiger partial charge in [-0.2, -0.15) is 0 Å². The van der Waals surface area contributed by atoms with Crippen molar-refractivity contribution in [2.75, 3.05) is 32.4 Å². The summed E-state index contributed by atoms with van der Waals surface area (Å²) in [6.07, 6.45) is 1.60. The largest absolute Gasteiger partial charge is 0.397 e. The van der Waals surface area contributed by atoms with Crippen LogP contribution in [0.4, 0.5) is 5.69 Å². The summed E-state index contributed by atoms with van der Waals surface area (Å²) >= 11 is 0. The number of hydrogen-bond acceptors (Lipinski definition) is 3. The molecule has 5 nitrogen and oxygen atoms in total. The summed E-state index contributed by atoms with van der Waals surface area (Å²) in [6.45, 7) is 4.54. The fraction of sp³-hybridized carbons (Fsp3) is 0.500. The molecule has 0 aliphatic carbocycles. The Morgan fingerprint density at radius 1 is 1.67 bits per heavy atom. The maximum absolute atomic E-state index is 11.5. The predicted octanol–water partition coefficient (Wildman–Crippen LogP) is 0.278. The molecule has 0 aromatic carbocycles. The Morgan fingerprint density at radius 3 is 2.93 bits per heavy atom. The first-order valence-electron chi connectivity index (χ1n) is 5.04. The minimum Gasteiger partial charge on any atom is -0.397 e. The Bertz CT molecular complexity index is 321. The van der Waals surface area contributed by atoms with Gasteiger partial charge in [0.2, 0.25) is 0 Å². The van der Waals surface area contributed by atoms with Crippen LogP contribution < -0.4 is 11.1 Å². The number of nitrogens with zero attached hydrogens (tertiary/aromatic N) is 1. The Hall–Kier alpha value is -1.49. The minimum atomic E-state index is -0.115. The van der Waals surface area contributed by atoms with Gasteiger partial charge in [0, 0.05) is 25.0 Å². The van der Waals surface area contributed by atoms with Gasteiger partial charge in [0.25, 0.3) is 5.91 Å². The molecule has 1 rings (SSSR count). The van der Waals surface area contributed by atoms with E-state index >= 15 is 0 Å². The molecule has 0 unspecified atom stereocenters. The number of rotatable bonds is 5. The van der Waals surface area contributed by atoms with Crippen molar-refractivity contribution in [1.82, 2.24) is 15.2 Å². The third-order valence-corrected chi connectivity index (χ3v) is 2.27. The minimum absolute atomic E-state index is 0.115. The van der Waals surface area contributed by atoms with Crippen molar-refractivity contribution in [3.05, 3.63) is 18.0 Å². The van der Waals surface area contributed by atoms with Gasteiger partial charge >= 0.3 is 0 Å². The van der Waals surface area contributed by atoms with Gasteiger partial charge in [-0.05, 0) is 19.7 Å². The highest BCUT2D eigenvalue weighted by molar-refractivity contribution is 5.93. The van der Waals surface area contributed by atoms with E-state index in [1.165, 1.54) is 0 Å². The number of H-pyrrole nitrogens is 1. The fourth-order valence-corrected chi connectivity index (χ4v) is 1.16. The highest BCUT2D eigenvalue weighted by atomic mass is 16.1. The Morgan fingerprint density at radius 2 is 2.40 bits per heavy atom. The Balaban J connectivity index is 2.31. The average Bonchev–Trinajstić information content (AvgIpc) is 2.64. The zero-order valence-corrected chi connectivity index (χ0v) is 9.21. The SMILES string of the molecule is CCN(C)CCNC(=O)c1cc(N)c[nH]1. The van der Waals surface area contributed by atoms with E-state index in [0.717, 1.165) is 13.1 Å². The maximum atomic E-state index is 11.5. The van der Waals surface area contributed by atoms with Gasteiger partial charge in [-0.25, -0.2) is 0 Å². The normalized spacial score (nSPS) is 10.6. The summed E-state index contributed by atoms with van der Waals surface area (Å²) in [4.78, 5) is 16.4. The molecule has 84 valence electrons. The smallest absolute Gasteiger partial charge is 0.267 e. The fourth-order valence-electron chi connectivity index (χ4n) is 1.16. The first kappa shape index (κ1) is 11.6. The number of aromatic amines is 1. The summed E-state index contributed by atoms with van der Waals surface area (Å²) in [5.41, 5.74) is 6.58. The van der Waals surface area contributed by atoms with E-state index in [-0.39, 0.29) is 5.91 Å². The molecule has 0 saturated carbocycles. The summed E-state index contributed by atoms with van der Waals surface area (Å²) in [5.74, 6) is -0.115. The monoisotopic (exact) mass is 210 g/mol. The quantitative estimate of drug-likeness (QED) is 0.653. The van der Waals surface area contributed by atoms with E-state index in [0.29, 0.717) is 17.9 Å². The van der Waals surface area contributed by atoms with Crippen molar-refractivity contribution in [3.63, 3.8) is 0 Å². The van der Waals surface area contributed by atoms with Crippen LogP contribution in [0.15, 0.2) is 12.3 Å². The number of aromatic nitrogens is 1. The number of anilines is 1. The Kier molecular flexibility index (Phi) is 4.17. The molecule has 0 saturated heterocycles. The highest BCUT2D eigenvalue weighted by Gasteiger charge is 2.06. The molecule has 1 amide bonds. The summed E-state index contributed by atoms with van der Waals surface area (Å²) < 4.78 is 0. The van der Waals surface area contributed by atoms with E-state index in [2.05, 4.69) is 22.1 Å². The average molecular weight is 210 g/mol. The van der Waals surface area contributed by atoms with Crippen molar-refractivity contribution >= 4 is 11.6 Å². The molecule has 1 heterocycles. The van der Waals surface area contributed by atoms with Crippen LogP contribution in [0.2, 0.25) is 0 Å². The lowest BCUT2D eigenvalue weighted by molar-refractivity contribution is 0.0946. The van der Waals surface area contributed by atoms with Crippen LogP contribution in [0.3, 0.4) is 0 Å². The van der Waals surface area contributed by atoms with E-state index in [1.807, 2.05) is 7.05 Å². The predicted molar refractivity (Wildman–Crippen MR) is 60.7 cm³/mol. The number of hydrogen-bond donors (Lipinski definition) is 3. The number of carbonyl (C=O) groups excluding carboxylic acids is 1. The summed E-state index contributed by atoms with van der Waals surface area (Å²) in [6, 6.07) is 1.62. The van der Waals surface area contributed by atoms with Crippen LogP contribution in [0.5, 0.6) is 0 Å². The topological polar surface area (TPSA) is 74.2 Å². The van der Waals surface area contributed by atoms with Gasteiger partial charge in [0.05, 0.1) is 0 Å². The second kappa shape index (κ2) is 5.41. The molecule has 0 fully saturated rings. The lowest BCUT2D eigenvalue weighted by Crippen LogP contribution is -2.33. The maximum Gasteiger partial charge on any atom is 0.267 e. The number of carbonyl (C=O) groups is 1. The van der Waals surface area contributed by atoms with E-state index in [9.17, 15) is 4.79 Å². The van der Waals surface area contributed by atoms with Crippen LogP contribution >= 0.6 is 0 Å². The van der Waals surface area contributed by atoms with Crippen LogP contribution in [-0.2, 0) is 0 Å². The number of nitrogens with one attached hydrogen (secondary N) is 2. The molecular weight excluding hydrogens is 192 g/mol. The number of nitrogen functional groups attached to an aromatic ring is 1. The van der Waals surface area contributed by atoms with E-state index in [4.69, 9.17) is 5.73 Å². The van der Waals surface area contributed by atoms with Gasteiger partial charge in [-0.15, -0.1) is 0 Å². The van der Waals surface area contributed by atoms with Crippen molar-refractivity contribution in [2.45, 2.75) is 6.92 Å². The lowest BCUT2D eigenvalue weighted by Gasteiger charge is -2.13. The van der Waals surface area contributed by atoms with Crippen LogP contribution in [0.25, 0.3) is 0 Å². The molecule has 4 N–H and O–H groups in total. The first-order chi connectivity index (χ1) is 7.13. The van der Waals surface area contributed by atoms with Gasteiger partial charge in [-0.1, -0.05) is 6.92 Å². The lowest BCUT2D eigenvalue weighted by atomic mass is 10.4. The molecule has 15 heavy (non-hydrogen) atoms. The zero-order chi connectivity index (χ0) is 11.3. The van der Waals surface area contributed by atoms with Gasteiger partial charge in [-0.3, -0.25) is 4.79 Å². The molecule has 1 aromatic rings. The van der Waals surface area contributed by atoms with Crippen LogP contribution in [0.1, 0.15) is 17.4 Å². The molecule has 0 radical (unpaired) electrons. The molecule has 0 bridgehead atoms. The number of nitrogens with two attached hydrogens (primary N) is 1. The van der Waals surface area contributed by atoms with Gasteiger partial charge in [0.1, 0.15) is 5.69 Å². The number of likely N-dealkylation sites (N-methyl/N-ethyl adjacent to an activating group) is 1. The van der Waals surface area contributed by atoms with E-state index in [1.54, 1.807) is 12.3 Å². The molecule has 0 aliphatic heterocycles.